The predicted molar refractivity (Wildman–Crippen MR) is 79.1 cm³/mol. The third kappa shape index (κ3) is 3.28. The fourth-order valence-corrected chi connectivity index (χ4v) is 4.17. The quantitative estimate of drug-likeness (QED) is 0.924. The van der Waals surface area contributed by atoms with Gasteiger partial charge in [0, 0.05) is 13.1 Å². The Morgan fingerprint density at radius 3 is 2.63 bits per heavy atom. The number of sulfonamides is 1. The van der Waals surface area contributed by atoms with Crippen LogP contribution in [-0.2, 0) is 10.0 Å². The van der Waals surface area contributed by atoms with Crippen molar-refractivity contribution in [2.75, 3.05) is 19.6 Å². The highest BCUT2D eigenvalue weighted by Gasteiger charge is 2.32. The van der Waals surface area contributed by atoms with Crippen LogP contribution in [0.25, 0.3) is 0 Å². The Kier molecular flexibility index (Phi) is 5.38. The van der Waals surface area contributed by atoms with Crippen LogP contribution in [0, 0.1) is 19.8 Å². The molecule has 0 amide bonds. The minimum Gasteiger partial charge on any atom is -0.330 e. The van der Waals surface area contributed by atoms with Crippen LogP contribution >= 0.6 is 12.4 Å². The summed E-state index contributed by atoms with van der Waals surface area (Å²) in [4.78, 5) is 0.431. The van der Waals surface area contributed by atoms with Crippen molar-refractivity contribution in [3.63, 3.8) is 0 Å². The molecule has 0 aromatic heterocycles. The molecule has 1 unspecified atom stereocenters. The largest absolute Gasteiger partial charge is 0.330 e. The maximum Gasteiger partial charge on any atom is 0.243 e. The second-order valence-corrected chi connectivity index (χ2v) is 6.93. The fraction of sp³-hybridized carbons (Fsp3) is 0.538. The summed E-state index contributed by atoms with van der Waals surface area (Å²) in [5.74, 6) is 0.296. The predicted octanol–water partition coefficient (Wildman–Crippen LogP) is 1.69. The molecular weight excluding hydrogens is 284 g/mol. The number of aryl methyl sites for hydroxylation is 2. The SMILES string of the molecule is Cc1ccc(C)c(S(=O)(=O)N2CCC(CN)C2)c1.Cl. The molecule has 4 nitrogen and oxygen atoms in total. The van der Waals surface area contributed by atoms with E-state index >= 15 is 0 Å². The summed E-state index contributed by atoms with van der Waals surface area (Å²) in [6, 6.07) is 5.54. The second kappa shape index (κ2) is 6.22. The number of halogens is 1. The van der Waals surface area contributed by atoms with Crippen molar-refractivity contribution >= 4 is 22.4 Å². The molecule has 1 heterocycles. The first-order valence-corrected chi connectivity index (χ1v) is 7.66. The highest BCUT2D eigenvalue weighted by Crippen LogP contribution is 2.26. The van der Waals surface area contributed by atoms with Gasteiger partial charge in [-0.2, -0.15) is 4.31 Å². The van der Waals surface area contributed by atoms with Crippen molar-refractivity contribution < 1.29 is 8.42 Å². The lowest BCUT2D eigenvalue weighted by molar-refractivity contribution is 0.458. The third-order valence-electron chi connectivity index (χ3n) is 3.54. The summed E-state index contributed by atoms with van der Waals surface area (Å²) in [5.41, 5.74) is 7.38. The first-order chi connectivity index (χ1) is 8.45. The van der Waals surface area contributed by atoms with Crippen LogP contribution in [-0.4, -0.2) is 32.4 Å². The van der Waals surface area contributed by atoms with Crippen LogP contribution in [0.15, 0.2) is 23.1 Å². The normalized spacial score (nSPS) is 20.3. The van der Waals surface area contributed by atoms with Gasteiger partial charge in [-0.15, -0.1) is 12.4 Å². The maximum absolute atomic E-state index is 12.6. The van der Waals surface area contributed by atoms with E-state index in [2.05, 4.69) is 0 Å². The molecule has 0 bridgehead atoms. The van der Waals surface area contributed by atoms with Gasteiger partial charge in [-0.1, -0.05) is 12.1 Å². The van der Waals surface area contributed by atoms with Crippen molar-refractivity contribution in [1.82, 2.24) is 4.31 Å². The van der Waals surface area contributed by atoms with Crippen molar-refractivity contribution in [1.29, 1.82) is 0 Å². The third-order valence-corrected chi connectivity index (χ3v) is 5.55. The van der Waals surface area contributed by atoms with Gasteiger partial charge in [0.15, 0.2) is 0 Å². The summed E-state index contributed by atoms with van der Waals surface area (Å²) in [6.07, 6.45) is 0.862. The minimum atomic E-state index is -3.36. The van der Waals surface area contributed by atoms with Crippen LogP contribution in [0.5, 0.6) is 0 Å². The smallest absolute Gasteiger partial charge is 0.243 e. The van der Waals surface area contributed by atoms with E-state index in [4.69, 9.17) is 5.73 Å². The van der Waals surface area contributed by atoms with E-state index in [9.17, 15) is 8.42 Å². The number of nitrogens with zero attached hydrogens (tertiary/aromatic N) is 1. The molecule has 1 saturated heterocycles. The van der Waals surface area contributed by atoms with Crippen molar-refractivity contribution in [3.8, 4) is 0 Å². The minimum absolute atomic E-state index is 0. The monoisotopic (exact) mass is 304 g/mol. The van der Waals surface area contributed by atoms with Crippen molar-refractivity contribution in [2.45, 2.75) is 25.2 Å². The Labute approximate surface area is 121 Å². The Morgan fingerprint density at radius 1 is 1.37 bits per heavy atom. The lowest BCUT2D eigenvalue weighted by Gasteiger charge is -2.18. The van der Waals surface area contributed by atoms with Crippen molar-refractivity contribution in [3.05, 3.63) is 29.3 Å². The molecule has 0 saturated carbocycles. The van der Waals surface area contributed by atoms with Crippen molar-refractivity contribution in [2.24, 2.45) is 11.7 Å². The lowest BCUT2D eigenvalue weighted by Crippen LogP contribution is -2.30. The molecule has 6 heteroatoms. The van der Waals surface area contributed by atoms with E-state index in [1.807, 2.05) is 26.0 Å². The van der Waals surface area contributed by atoms with E-state index in [1.165, 1.54) is 0 Å². The topological polar surface area (TPSA) is 63.4 Å². The molecule has 1 aliphatic heterocycles. The zero-order chi connectivity index (χ0) is 13.3. The molecule has 19 heavy (non-hydrogen) atoms. The van der Waals surface area contributed by atoms with Gasteiger partial charge < -0.3 is 5.73 Å². The maximum atomic E-state index is 12.6. The Bertz CT molecular complexity index is 546. The molecule has 108 valence electrons. The first-order valence-electron chi connectivity index (χ1n) is 6.22. The summed E-state index contributed by atoms with van der Waals surface area (Å²) < 4.78 is 26.7. The summed E-state index contributed by atoms with van der Waals surface area (Å²) in [6.45, 7) is 5.43. The molecule has 1 aromatic rings. The molecule has 2 rings (SSSR count). The Hall–Kier alpha value is -0.620. The average molecular weight is 305 g/mol. The van der Waals surface area contributed by atoms with Gasteiger partial charge in [-0.25, -0.2) is 8.42 Å². The Balaban J connectivity index is 0.00000180. The van der Waals surface area contributed by atoms with E-state index in [1.54, 1.807) is 10.4 Å². The molecule has 0 spiro atoms. The van der Waals surface area contributed by atoms with Crippen LogP contribution in [0.1, 0.15) is 17.5 Å². The molecule has 1 atom stereocenters. The van der Waals surface area contributed by atoms with Gasteiger partial charge in [-0.05, 0) is 49.9 Å². The average Bonchev–Trinajstić information content (AvgIpc) is 2.81. The molecule has 0 radical (unpaired) electrons. The van der Waals surface area contributed by atoms with Crippen LogP contribution < -0.4 is 5.73 Å². The highest BCUT2D eigenvalue weighted by molar-refractivity contribution is 7.89. The molecule has 1 aliphatic rings. The summed E-state index contributed by atoms with van der Waals surface area (Å²) >= 11 is 0. The molecule has 1 aromatic carbocycles. The summed E-state index contributed by atoms with van der Waals surface area (Å²) in [7, 11) is -3.36. The van der Waals surface area contributed by atoms with Gasteiger partial charge >= 0.3 is 0 Å². The van der Waals surface area contributed by atoms with Gasteiger partial charge in [0.25, 0.3) is 0 Å². The highest BCUT2D eigenvalue weighted by atomic mass is 35.5. The number of hydrogen-bond acceptors (Lipinski definition) is 3. The zero-order valence-electron chi connectivity index (χ0n) is 11.3. The van der Waals surface area contributed by atoms with Gasteiger partial charge in [0.1, 0.15) is 0 Å². The van der Waals surface area contributed by atoms with Crippen LogP contribution in [0.2, 0.25) is 0 Å². The Morgan fingerprint density at radius 2 is 2.05 bits per heavy atom. The number of hydrogen-bond donors (Lipinski definition) is 1. The number of nitrogens with two attached hydrogens (primary N) is 1. The molecule has 0 aliphatic carbocycles. The van der Waals surface area contributed by atoms with Gasteiger partial charge in [0.05, 0.1) is 4.90 Å². The summed E-state index contributed by atoms with van der Waals surface area (Å²) in [5, 5.41) is 0. The van der Waals surface area contributed by atoms with E-state index in [-0.39, 0.29) is 12.4 Å². The van der Waals surface area contributed by atoms with Gasteiger partial charge in [-0.3, -0.25) is 0 Å². The molecular formula is C13H21ClN2O2S. The van der Waals surface area contributed by atoms with E-state index < -0.39 is 10.0 Å². The van der Waals surface area contributed by atoms with Crippen LogP contribution in [0.3, 0.4) is 0 Å². The van der Waals surface area contributed by atoms with E-state index in [0.29, 0.717) is 30.4 Å². The zero-order valence-corrected chi connectivity index (χ0v) is 12.9. The number of benzene rings is 1. The molecule has 2 N–H and O–H groups in total. The lowest BCUT2D eigenvalue weighted by atomic mass is 10.1. The second-order valence-electron chi connectivity index (χ2n) is 5.02. The standard InChI is InChI=1S/C13H20N2O2S.ClH/c1-10-3-4-11(2)13(7-10)18(16,17)15-6-5-12(8-14)9-15;/h3-4,7,12H,5-6,8-9,14H2,1-2H3;1H. The van der Waals surface area contributed by atoms with E-state index in [0.717, 1.165) is 17.5 Å². The van der Waals surface area contributed by atoms with Gasteiger partial charge in [0.2, 0.25) is 10.0 Å². The first kappa shape index (κ1) is 16.4. The van der Waals surface area contributed by atoms with Crippen LogP contribution in [0.4, 0.5) is 0 Å². The molecule has 1 fully saturated rings. The number of rotatable bonds is 3. The fourth-order valence-electron chi connectivity index (χ4n) is 2.33.